The quantitative estimate of drug-likeness (QED) is 0.486. The lowest BCUT2D eigenvalue weighted by molar-refractivity contribution is -0.145. The minimum Gasteiger partial charge on any atom is -0.460 e. The molecule has 0 aromatic heterocycles. The number of hydrogen-bond donors (Lipinski definition) is 0. The Balaban J connectivity index is 2.25. The van der Waals surface area contributed by atoms with Crippen LogP contribution in [0.25, 0.3) is 0 Å². The molecule has 30 heavy (non-hydrogen) atoms. The Labute approximate surface area is 167 Å². The third kappa shape index (κ3) is 5.95. The van der Waals surface area contributed by atoms with Crippen molar-refractivity contribution in [2.75, 3.05) is 13.6 Å². The first-order valence-corrected chi connectivity index (χ1v) is 9.60. The van der Waals surface area contributed by atoms with Gasteiger partial charge in [0.25, 0.3) is 0 Å². The topological polar surface area (TPSA) is 63.7 Å². The lowest BCUT2D eigenvalue weighted by Gasteiger charge is -2.19. The van der Waals surface area contributed by atoms with Gasteiger partial charge in [0.05, 0.1) is 16.0 Å². The van der Waals surface area contributed by atoms with Crippen molar-refractivity contribution in [1.82, 2.24) is 4.31 Å². The number of benzene rings is 2. The molecule has 0 aliphatic rings. The van der Waals surface area contributed by atoms with Gasteiger partial charge in [-0.25, -0.2) is 8.42 Å². The SMILES string of the molecule is CN(CC(=O)OCc1ccccc1)S(=O)(=O)c1cc(C(F)(F)F)cc(C(F)(F)F)c1. The molecule has 0 unspecified atom stereocenters. The van der Waals surface area contributed by atoms with Crippen molar-refractivity contribution in [1.29, 1.82) is 0 Å². The largest absolute Gasteiger partial charge is 0.460 e. The number of halogens is 6. The van der Waals surface area contributed by atoms with Crippen molar-refractivity contribution in [3.8, 4) is 0 Å². The van der Waals surface area contributed by atoms with Gasteiger partial charge in [-0.05, 0) is 23.8 Å². The van der Waals surface area contributed by atoms with Gasteiger partial charge in [0.15, 0.2) is 0 Å². The lowest BCUT2D eigenvalue weighted by atomic mass is 10.1. The molecule has 0 spiro atoms. The van der Waals surface area contributed by atoms with Crippen LogP contribution in [0.5, 0.6) is 0 Å². The predicted molar refractivity (Wildman–Crippen MR) is 92.5 cm³/mol. The number of sulfonamides is 1. The predicted octanol–water partition coefficient (Wildman–Crippen LogP) is 4.09. The van der Waals surface area contributed by atoms with Gasteiger partial charge in [0, 0.05) is 7.05 Å². The van der Waals surface area contributed by atoms with Crippen LogP contribution in [-0.2, 0) is 38.5 Å². The first-order chi connectivity index (χ1) is 13.7. The van der Waals surface area contributed by atoms with Gasteiger partial charge < -0.3 is 4.74 Å². The van der Waals surface area contributed by atoms with Crippen molar-refractivity contribution >= 4 is 16.0 Å². The summed E-state index contributed by atoms with van der Waals surface area (Å²) in [5, 5.41) is 0. The van der Waals surface area contributed by atoms with Gasteiger partial charge >= 0.3 is 18.3 Å². The first-order valence-electron chi connectivity index (χ1n) is 8.16. The van der Waals surface area contributed by atoms with Crippen LogP contribution in [0.3, 0.4) is 0 Å². The number of carbonyl (C=O) groups excluding carboxylic acids is 1. The monoisotopic (exact) mass is 455 g/mol. The summed E-state index contributed by atoms with van der Waals surface area (Å²) in [6, 6.07) is 8.30. The van der Waals surface area contributed by atoms with Crippen LogP contribution in [0.15, 0.2) is 53.4 Å². The maximum atomic E-state index is 12.9. The van der Waals surface area contributed by atoms with E-state index in [0.29, 0.717) is 9.87 Å². The van der Waals surface area contributed by atoms with E-state index in [0.717, 1.165) is 7.05 Å². The Morgan fingerprint density at radius 1 is 0.933 bits per heavy atom. The van der Waals surface area contributed by atoms with E-state index in [4.69, 9.17) is 4.74 Å². The smallest absolute Gasteiger partial charge is 0.416 e. The number of alkyl halides is 6. The van der Waals surface area contributed by atoms with E-state index in [-0.39, 0.29) is 24.8 Å². The molecule has 0 saturated carbocycles. The molecule has 164 valence electrons. The van der Waals surface area contributed by atoms with E-state index in [2.05, 4.69) is 0 Å². The maximum Gasteiger partial charge on any atom is 0.416 e. The molecular formula is C18H15F6NO4S. The molecule has 0 amide bonds. The fourth-order valence-corrected chi connectivity index (χ4v) is 3.49. The average molecular weight is 455 g/mol. The van der Waals surface area contributed by atoms with Crippen LogP contribution in [0.1, 0.15) is 16.7 Å². The number of rotatable bonds is 6. The fraction of sp³-hybridized carbons (Fsp3) is 0.278. The van der Waals surface area contributed by atoms with Crippen molar-refractivity contribution < 1.29 is 44.3 Å². The zero-order valence-corrected chi connectivity index (χ0v) is 16.1. The van der Waals surface area contributed by atoms with Gasteiger partial charge in [0.2, 0.25) is 10.0 Å². The summed E-state index contributed by atoms with van der Waals surface area (Å²) >= 11 is 0. The van der Waals surface area contributed by atoms with Crippen LogP contribution in [0.4, 0.5) is 26.3 Å². The molecule has 0 aliphatic carbocycles. The van der Waals surface area contributed by atoms with E-state index in [1.165, 1.54) is 0 Å². The highest BCUT2D eigenvalue weighted by Gasteiger charge is 2.39. The van der Waals surface area contributed by atoms with E-state index in [9.17, 15) is 39.6 Å². The molecule has 12 heteroatoms. The number of carbonyl (C=O) groups is 1. The highest BCUT2D eigenvalue weighted by molar-refractivity contribution is 7.89. The normalized spacial score (nSPS) is 12.8. The van der Waals surface area contributed by atoms with E-state index in [1.807, 2.05) is 0 Å². The van der Waals surface area contributed by atoms with Gasteiger partial charge in [-0.15, -0.1) is 0 Å². The molecule has 0 atom stereocenters. The molecular weight excluding hydrogens is 440 g/mol. The maximum absolute atomic E-state index is 12.9. The third-order valence-electron chi connectivity index (χ3n) is 3.86. The molecule has 0 saturated heterocycles. The highest BCUT2D eigenvalue weighted by Crippen LogP contribution is 2.37. The molecule has 0 radical (unpaired) electrons. The minimum atomic E-state index is -5.21. The Morgan fingerprint density at radius 2 is 1.43 bits per heavy atom. The van der Waals surface area contributed by atoms with Crippen LogP contribution >= 0.6 is 0 Å². The Hall–Kier alpha value is -2.60. The molecule has 0 bridgehead atoms. The standard InChI is InChI=1S/C18H15F6NO4S/c1-25(10-16(26)29-11-12-5-3-2-4-6-12)30(27,28)15-8-13(17(19,20)21)7-14(9-15)18(22,23)24/h2-9H,10-11H2,1H3. The molecule has 0 N–H and O–H groups in total. The summed E-state index contributed by atoms with van der Waals surface area (Å²) in [6.45, 7) is -1.10. The van der Waals surface area contributed by atoms with E-state index < -0.39 is 50.9 Å². The van der Waals surface area contributed by atoms with Crippen molar-refractivity contribution in [3.05, 3.63) is 65.2 Å². The number of nitrogens with zero attached hydrogens (tertiary/aromatic N) is 1. The second-order valence-corrected chi connectivity index (χ2v) is 8.19. The molecule has 0 fully saturated rings. The first kappa shape index (κ1) is 23.7. The average Bonchev–Trinajstić information content (AvgIpc) is 2.65. The molecule has 0 heterocycles. The summed E-state index contributed by atoms with van der Waals surface area (Å²) in [5.41, 5.74) is -2.96. The summed E-state index contributed by atoms with van der Waals surface area (Å²) in [7, 11) is -4.01. The van der Waals surface area contributed by atoms with Crippen LogP contribution in [0.2, 0.25) is 0 Å². The second kappa shape index (κ2) is 8.64. The van der Waals surface area contributed by atoms with Crippen LogP contribution in [0, 0.1) is 0 Å². The Morgan fingerprint density at radius 3 is 1.90 bits per heavy atom. The summed E-state index contributed by atoms with van der Waals surface area (Å²) in [6.07, 6.45) is -10.4. The van der Waals surface area contributed by atoms with Gasteiger partial charge in [-0.2, -0.15) is 30.6 Å². The zero-order chi connectivity index (χ0) is 22.7. The summed E-state index contributed by atoms with van der Waals surface area (Å²) in [5.74, 6) is -1.03. The van der Waals surface area contributed by atoms with Crippen molar-refractivity contribution in [3.63, 3.8) is 0 Å². The molecule has 0 aliphatic heterocycles. The van der Waals surface area contributed by atoms with Crippen LogP contribution in [-0.4, -0.2) is 32.3 Å². The molecule has 2 aromatic carbocycles. The number of ether oxygens (including phenoxy) is 1. The highest BCUT2D eigenvalue weighted by atomic mass is 32.2. The molecule has 2 rings (SSSR count). The van der Waals surface area contributed by atoms with Crippen molar-refractivity contribution in [2.45, 2.75) is 23.9 Å². The van der Waals surface area contributed by atoms with Gasteiger partial charge in [-0.1, -0.05) is 30.3 Å². The number of likely N-dealkylation sites (N-methyl/N-ethyl adjacent to an activating group) is 1. The second-order valence-electron chi connectivity index (χ2n) is 6.15. The number of esters is 1. The Bertz CT molecular complexity index is 971. The molecule has 2 aromatic rings. The fourth-order valence-electron chi connectivity index (χ4n) is 2.31. The van der Waals surface area contributed by atoms with E-state index >= 15 is 0 Å². The van der Waals surface area contributed by atoms with Crippen LogP contribution < -0.4 is 0 Å². The lowest BCUT2D eigenvalue weighted by Crippen LogP contribution is -2.33. The summed E-state index contributed by atoms with van der Waals surface area (Å²) in [4.78, 5) is 10.6. The third-order valence-corrected chi connectivity index (χ3v) is 5.64. The van der Waals surface area contributed by atoms with Crippen molar-refractivity contribution in [2.24, 2.45) is 0 Å². The number of hydrogen-bond acceptors (Lipinski definition) is 4. The zero-order valence-electron chi connectivity index (χ0n) is 15.3. The van der Waals surface area contributed by atoms with Gasteiger partial charge in [-0.3, -0.25) is 4.79 Å². The summed E-state index contributed by atoms with van der Waals surface area (Å²) < 4.78 is 108. The van der Waals surface area contributed by atoms with Gasteiger partial charge in [0.1, 0.15) is 13.2 Å². The minimum absolute atomic E-state index is 0.0797. The Kier molecular flexibility index (Phi) is 6.82. The molecule has 5 nitrogen and oxygen atoms in total. The van der Waals surface area contributed by atoms with E-state index in [1.54, 1.807) is 30.3 Å².